The van der Waals surface area contributed by atoms with E-state index < -0.39 is 0 Å². The third-order valence-corrected chi connectivity index (χ3v) is 3.08. The molecule has 1 amide bonds. The molecule has 0 fully saturated rings. The van der Waals surface area contributed by atoms with Crippen LogP contribution in [0.4, 0.5) is 0 Å². The molecular formula is C15H24N2O2. The molecule has 0 radical (unpaired) electrons. The third kappa shape index (κ3) is 5.41. The molecule has 0 saturated carbocycles. The van der Waals surface area contributed by atoms with E-state index in [1.165, 1.54) is 0 Å². The number of nitrogens with one attached hydrogen (secondary N) is 1. The summed E-state index contributed by atoms with van der Waals surface area (Å²) >= 11 is 0. The van der Waals surface area contributed by atoms with Crippen LogP contribution in [0.25, 0.3) is 0 Å². The zero-order valence-corrected chi connectivity index (χ0v) is 12.3. The Labute approximate surface area is 115 Å². The van der Waals surface area contributed by atoms with Crippen molar-refractivity contribution in [1.29, 1.82) is 0 Å². The Balaban J connectivity index is 2.40. The molecule has 1 aromatic carbocycles. The molecule has 0 unspecified atom stereocenters. The van der Waals surface area contributed by atoms with Gasteiger partial charge < -0.3 is 15.0 Å². The highest BCUT2D eigenvalue weighted by molar-refractivity contribution is 5.78. The van der Waals surface area contributed by atoms with E-state index in [-0.39, 0.29) is 11.9 Å². The molecule has 0 aliphatic heterocycles. The first-order chi connectivity index (χ1) is 9.04. The van der Waals surface area contributed by atoms with E-state index in [0.29, 0.717) is 19.7 Å². The lowest BCUT2D eigenvalue weighted by molar-refractivity contribution is -0.130. The minimum Gasteiger partial charge on any atom is -0.380 e. The van der Waals surface area contributed by atoms with Gasteiger partial charge in [0.1, 0.15) is 0 Å². The summed E-state index contributed by atoms with van der Waals surface area (Å²) in [6.45, 7) is 5.68. The summed E-state index contributed by atoms with van der Waals surface area (Å²) in [5.41, 5.74) is 2.31. The summed E-state index contributed by atoms with van der Waals surface area (Å²) in [5.74, 6) is 0.114. The summed E-state index contributed by atoms with van der Waals surface area (Å²) in [4.78, 5) is 13.5. The number of amides is 1. The van der Waals surface area contributed by atoms with Crippen molar-refractivity contribution in [2.24, 2.45) is 0 Å². The molecule has 4 heteroatoms. The lowest BCUT2D eigenvalue weighted by Gasteiger charge is -2.21. The largest absolute Gasteiger partial charge is 0.380 e. The number of ether oxygens (including phenoxy) is 1. The van der Waals surface area contributed by atoms with Crippen LogP contribution in [0.5, 0.6) is 0 Å². The summed E-state index contributed by atoms with van der Waals surface area (Å²) in [6, 6.07) is 8.41. The molecule has 106 valence electrons. The number of nitrogens with zero attached hydrogens (tertiary/aromatic N) is 1. The number of rotatable bonds is 7. The molecule has 0 heterocycles. The van der Waals surface area contributed by atoms with Crippen LogP contribution in [0.1, 0.15) is 25.0 Å². The van der Waals surface area contributed by atoms with Crippen LogP contribution in [-0.2, 0) is 22.7 Å². The minimum atomic E-state index is 0.114. The lowest BCUT2D eigenvalue weighted by atomic mass is 10.1. The molecule has 0 saturated heterocycles. The molecule has 0 atom stereocenters. The van der Waals surface area contributed by atoms with Crippen molar-refractivity contribution in [1.82, 2.24) is 10.2 Å². The van der Waals surface area contributed by atoms with E-state index in [1.807, 2.05) is 39.1 Å². The molecule has 0 aliphatic rings. The van der Waals surface area contributed by atoms with E-state index in [4.69, 9.17) is 4.74 Å². The van der Waals surface area contributed by atoms with Crippen molar-refractivity contribution < 1.29 is 9.53 Å². The second-order valence-corrected chi connectivity index (χ2v) is 4.95. The highest BCUT2D eigenvalue weighted by Gasteiger charge is 2.10. The predicted octanol–water partition coefficient (Wildman–Crippen LogP) is 1.79. The van der Waals surface area contributed by atoms with E-state index in [1.54, 1.807) is 12.0 Å². The fourth-order valence-electron chi connectivity index (χ4n) is 1.72. The minimum absolute atomic E-state index is 0.114. The molecular weight excluding hydrogens is 240 g/mol. The van der Waals surface area contributed by atoms with Gasteiger partial charge in [0.05, 0.1) is 13.2 Å². The Bertz CT molecular complexity index is 405. The van der Waals surface area contributed by atoms with Gasteiger partial charge in [-0.1, -0.05) is 24.3 Å². The van der Waals surface area contributed by atoms with Gasteiger partial charge in [-0.25, -0.2) is 0 Å². The molecule has 4 nitrogen and oxygen atoms in total. The lowest BCUT2D eigenvalue weighted by Crippen LogP contribution is -2.39. The Morgan fingerprint density at radius 1 is 1.37 bits per heavy atom. The first kappa shape index (κ1) is 15.7. The van der Waals surface area contributed by atoms with Gasteiger partial charge in [-0.05, 0) is 25.0 Å². The van der Waals surface area contributed by atoms with Crippen molar-refractivity contribution in [3.8, 4) is 0 Å². The maximum Gasteiger partial charge on any atom is 0.236 e. The van der Waals surface area contributed by atoms with Crippen LogP contribution in [0.15, 0.2) is 24.3 Å². The topological polar surface area (TPSA) is 41.6 Å². The van der Waals surface area contributed by atoms with Crippen molar-refractivity contribution in [2.75, 3.05) is 20.7 Å². The van der Waals surface area contributed by atoms with Crippen LogP contribution in [0, 0.1) is 0 Å². The highest BCUT2D eigenvalue weighted by atomic mass is 16.5. The standard InChI is InChI=1S/C15H24N2O2/c1-12(2)17(3)15(18)10-16-9-13-6-5-7-14(8-13)11-19-4/h5-8,12,16H,9-11H2,1-4H3. The fourth-order valence-corrected chi connectivity index (χ4v) is 1.72. The number of hydrogen-bond acceptors (Lipinski definition) is 3. The highest BCUT2D eigenvalue weighted by Crippen LogP contribution is 2.06. The molecule has 19 heavy (non-hydrogen) atoms. The second-order valence-electron chi connectivity index (χ2n) is 4.95. The maximum atomic E-state index is 11.8. The van der Waals surface area contributed by atoms with Crippen molar-refractivity contribution in [3.05, 3.63) is 35.4 Å². The van der Waals surface area contributed by atoms with Gasteiger partial charge in [0, 0.05) is 26.7 Å². The second kappa shape index (κ2) is 7.92. The Hall–Kier alpha value is -1.39. The predicted molar refractivity (Wildman–Crippen MR) is 76.8 cm³/mol. The molecule has 1 aromatic rings. The third-order valence-electron chi connectivity index (χ3n) is 3.08. The van der Waals surface area contributed by atoms with E-state index in [9.17, 15) is 4.79 Å². The smallest absolute Gasteiger partial charge is 0.236 e. The number of carbonyl (C=O) groups excluding carboxylic acids is 1. The average Bonchev–Trinajstić information content (AvgIpc) is 2.38. The van der Waals surface area contributed by atoms with E-state index in [0.717, 1.165) is 11.1 Å². The molecule has 1 N–H and O–H groups in total. The Kier molecular flexibility index (Phi) is 6.53. The number of methoxy groups -OCH3 is 1. The van der Waals surface area contributed by atoms with Gasteiger partial charge in [0.2, 0.25) is 5.91 Å². The van der Waals surface area contributed by atoms with Gasteiger partial charge in [0.25, 0.3) is 0 Å². The first-order valence-corrected chi connectivity index (χ1v) is 6.57. The van der Waals surface area contributed by atoms with Gasteiger partial charge in [-0.3, -0.25) is 4.79 Å². The monoisotopic (exact) mass is 264 g/mol. The zero-order chi connectivity index (χ0) is 14.3. The Morgan fingerprint density at radius 3 is 2.68 bits per heavy atom. The van der Waals surface area contributed by atoms with Crippen LogP contribution in [0.2, 0.25) is 0 Å². The SMILES string of the molecule is COCc1cccc(CNCC(=O)N(C)C(C)C)c1. The van der Waals surface area contributed by atoms with Gasteiger partial charge in [-0.15, -0.1) is 0 Å². The maximum absolute atomic E-state index is 11.8. The summed E-state index contributed by atoms with van der Waals surface area (Å²) < 4.78 is 5.10. The summed E-state index contributed by atoms with van der Waals surface area (Å²) in [7, 11) is 3.51. The van der Waals surface area contributed by atoms with E-state index in [2.05, 4.69) is 11.4 Å². The van der Waals surface area contributed by atoms with Crippen LogP contribution >= 0.6 is 0 Å². The van der Waals surface area contributed by atoms with Crippen molar-refractivity contribution in [3.63, 3.8) is 0 Å². The molecule has 0 bridgehead atoms. The number of carbonyl (C=O) groups is 1. The zero-order valence-electron chi connectivity index (χ0n) is 12.3. The molecule has 1 rings (SSSR count). The number of benzene rings is 1. The number of hydrogen-bond donors (Lipinski definition) is 1. The average molecular weight is 264 g/mol. The summed E-state index contributed by atoms with van der Waals surface area (Å²) in [5, 5.41) is 3.17. The Morgan fingerprint density at radius 2 is 2.05 bits per heavy atom. The fraction of sp³-hybridized carbons (Fsp3) is 0.533. The molecule has 0 aliphatic carbocycles. The quantitative estimate of drug-likeness (QED) is 0.816. The van der Waals surface area contributed by atoms with Crippen molar-refractivity contribution >= 4 is 5.91 Å². The van der Waals surface area contributed by atoms with Crippen LogP contribution < -0.4 is 5.32 Å². The van der Waals surface area contributed by atoms with Crippen LogP contribution in [-0.4, -0.2) is 37.6 Å². The normalized spacial score (nSPS) is 10.8. The summed E-state index contributed by atoms with van der Waals surface area (Å²) in [6.07, 6.45) is 0. The van der Waals surface area contributed by atoms with Crippen LogP contribution in [0.3, 0.4) is 0 Å². The van der Waals surface area contributed by atoms with E-state index >= 15 is 0 Å². The van der Waals surface area contributed by atoms with Gasteiger partial charge in [-0.2, -0.15) is 0 Å². The molecule has 0 aromatic heterocycles. The first-order valence-electron chi connectivity index (χ1n) is 6.57. The van der Waals surface area contributed by atoms with Gasteiger partial charge in [0.15, 0.2) is 0 Å². The number of likely N-dealkylation sites (N-methyl/N-ethyl adjacent to an activating group) is 1. The molecule has 0 spiro atoms. The van der Waals surface area contributed by atoms with Gasteiger partial charge >= 0.3 is 0 Å². The van der Waals surface area contributed by atoms with Crippen molar-refractivity contribution in [2.45, 2.75) is 33.0 Å².